The van der Waals surface area contributed by atoms with Crippen molar-refractivity contribution in [1.82, 2.24) is 14.8 Å². The van der Waals surface area contributed by atoms with E-state index in [4.69, 9.17) is 10.9 Å². The summed E-state index contributed by atoms with van der Waals surface area (Å²) in [6, 6.07) is 0.601. The molecule has 2 aliphatic rings. The summed E-state index contributed by atoms with van der Waals surface area (Å²) in [5.74, 6) is 2.06. The Bertz CT molecular complexity index is 492. The first-order chi connectivity index (χ1) is 9.19. The van der Waals surface area contributed by atoms with Gasteiger partial charge in [0.1, 0.15) is 11.7 Å². The maximum atomic E-state index is 8.61. The van der Waals surface area contributed by atoms with E-state index in [2.05, 4.69) is 26.8 Å². The zero-order valence-corrected chi connectivity index (χ0v) is 11.8. The van der Waals surface area contributed by atoms with Crippen LogP contribution in [0.3, 0.4) is 0 Å². The van der Waals surface area contributed by atoms with Crippen molar-refractivity contribution in [3.05, 3.63) is 5.82 Å². The van der Waals surface area contributed by atoms with Crippen LogP contribution < -0.4 is 5.73 Å². The Morgan fingerprint density at radius 1 is 1.47 bits per heavy atom. The molecule has 1 atom stereocenters. The molecule has 1 aromatic heterocycles. The van der Waals surface area contributed by atoms with Crippen LogP contribution in [0.2, 0.25) is 0 Å². The van der Waals surface area contributed by atoms with Gasteiger partial charge in [-0.05, 0) is 25.7 Å². The first-order valence-electron chi connectivity index (χ1n) is 6.77. The fraction of sp³-hybridized carbons (Fsp3) is 0.750. The van der Waals surface area contributed by atoms with Crippen LogP contribution >= 0.6 is 11.8 Å². The van der Waals surface area contributed by atoms with Gasteiger partial charge in [-0.25, -0.2) is 0 Å². The normalized spacial score (nSPS) is 21.6. The minimum atomic E-state index is 0.227. The second-order valence-electron chi connectivity index (χ2n) is 5.44. The molecular formula is C12H19N5OS. The van der Waals surface area contributed by atoms with Crippen molar-refractivity contribution in [1.29, 1.82) is 0 Å². The summed E-state index contributed by atoms with van der Waals surface area (Å²) in [6.07, 6.45) is 5.52. The number of aromatic nitrogens is 3. The predicted molar refractivity (Wildman–Crippen MR) is 73.6 cm³/mol. The number of hydrogen-bond donors (Lipinski definition) is 2. The molecule has 0 aromatic carbocycles. The van der Waals surface area contributed by atoms with Crippen LogP contribution in [0.1, 0.15) is 56.8 Å². The molecule has 0 radical (unpaired) electrons. The lowest BCUT2D eigenvalue weighted by molar-refractivity contribution is 0.317. The fourth-order valence-electron chi connectivity index (χ4n) is 2.22. The number of rotatable bonds is 6. The lowest BCUT2D eigenvalue weighted by Gasteiger charge is -2.12. The molecule has 3 N–H and O–H groups in total. The van der Waals surface area contributed by atoms with Gasteiger partial charge in [0.15, 0.2) is 5.16 Å². The topological polar surface area (TPSA) is 89.3 Å². The van der Waals surface area contributed by atoms with Gasteiger partial charge in [0.2, 0.25) is 0 Å². The Balaban J connectivity index is 1.73. The molecule has 2 fully saturated rings. The average Bonchev–Trinajstić information content (AvgIpc) is 3.28. The van der Waals surface area contributed by atoms with Crippen LogP contribution in [0, 0.1) is 0 Å². The molecule has 0 saturated heterocycles. The van der Waals surface area contributed by atoms with E-state index >= 15 is 0 Å². The number of oxime groups is 1. The van der Waals surface area contributed by atoms with Gasteiger partial charge in [-0.2, -0.15) is 0 Å². The van der Waals surface area contributed by atoms with E-state index in [1.54, 1.807) is 11.8 Å². The maximum absolute atomic E-state index is 8.61. The van der Waals surface area contributed by atoms with E-state index in [1.165, 1.54) is 31.5 Å². The smallest absolute Gasteiger partial charge is 0.191 e. The second-order valence-corrected chi connectivity index (χ2v) is 6.85. The molecule has 0 aliphatic heterocycles. The Labute approximate surface area is 116 Å². The van der Waals surface area contributed by atoms with Gasteiger partial charge in [-0.1, -0.05) is 23.8 Å². The van der Waals surface area contributed by atoms with Crippen LogP contribution in [0.25, 0.3) is 0 Å². The molecule has 19 heavy (non-hydrogen) atoms. The van der Waals surface area contributed by atoms with Crippen molar-refractivity contribution in [3.63, 3.8) is 0 Å². The molecule has 0 spiro atoms. The molecule has 2 aliphatic carbocycles. The highest BCUT2D eigenvalue weighted by Crippen LogP contribution is 2.46. The van der Waals surface area contributed by atoms with E-state index in [9.17, 15) is 0 Å². The summed E-state index contributed by atoms with van der Waals surface area (Å²) < 4.78 is 2.32. The highest BCUT2D eigenvalue weighted by molar-refractivity contribution is 7.99. The second kappa shape index (κ2) is 5.03. The molecule has 1 unspecified atom stereocenters. The van der Waals surface area contributed by atoms with Gasteiger partial charge in [0.25, 0.3) is 0 Å². The molecule has 1 heterocycles. The standard InChI is InChI=1S/C12H19N5OS/c1-7(6-10(13)16-18)19-12-15-14-11(8-2-3-8)17(12)9-4-5-9/h7-9,18H,2-6H2,1H3,(H2,13,16). The Morgan fingerprint density at radius 2 is 2.21 bits per heavy atom. The zero-order chi connectivity index (χ0) is 13.4. The fourth-order valence-corrected chi connectivity index (χ4v) is 3.28. The monoisotopic (exact) mass is 281 g/mol. The first-order valence-corrected chi connectivity index (χ1v) is 7.65. The number of nitrogens with two attached hydrogens (primary N) is 1. The number of hydrogen-bond acceptors (Lipinski definition) is 5. The third-order valence-electron chi connectivity index (χ3n) is 3.48. The van der Waals surface area contributed by atoms with Gasteiger partial charge >= 0.3 is 0 Å². The van der Waals surface area contributed by atoms with Gasteiger partial charge < -0.3 is 15.5 Å². The van der Waals surface area contributed by atoms with Crippen molar-refractivity contribution >= 4 is 17.6 Å². The van der Waals surface area contributed by atoms with Crippen molar-refractivity contribution in [2.75, 3.05) is 0 Å². The maximum Gasteiger partial charge on any atom is 0.191 e. The predicted octanol–water partition coefficient (Wildman–Crippen LogP) is 2.11. The van der Waals surface area contributed by atoms with E-state index in [-0.39, 0.29) is 11.1 Å². The Hall–Kier alpha value is -1.24. The van der Waals surface area contributed by atoms with Crippen LogP contribution in [0.5, 0.6) is 0 Å². The molecular weight excluding hydrogens is 262 g/mol. The summed E-state index contributed by atoms with van der Waals surface area (Å²) in [4.78, 5) is 0. The van der Waals surface area contributed by atoms with E-state index < -0.39 is 0 Å². The first kappa shape index (κ1) is 12.8. The van der Waals surface area contributed by atoms with E-state index in [0.717, 1.165) is 5.16 Å². The summed E-state index contributed by atoms with van der Waals surface area (Å²) in [5.41, 5.74) is 5.54. The Kier molecular flexibility index (Phi) is 3.38. The summed E-state index contributed by atoms with van der Waals surface area (Å²) in [7, 11) is 0. The van der Waals surface area contributed by atoms with Crippen LogP contribution in [0.4, 0.5) is 0 Å². The molecule has 6 nitrogen and oxygen atoms in total. The molecule has 7 heteroatoms. The SMILES string of the molecule is CC(C/C(N)=N/O)Sc1nnc(C2CC2)n1C1CC1. The van der Waals surface area contributed by atoms with E-state index in [0.29, 0.717) is 18.4 Å². The van der Waals surface area contributed by atoms with Gasteiger partial charge in [0.05, 0.1) is 0 Å². The van der Waals surface area contributed by atoms with Crippen molar-refractivity contribution < 1.29 is 5.21 Å². The lowest BCUT2D eigenvalue weighted by atomic mass is 10.3. The quantitative estimate of drug-likeness (QED) is 0.274. The molecule has 0 bridgehead atoms. The summed E-state index contributed by atoms with van der Waals surface area (Å²) in [6.45, 7) is 2.06. The van der Waals surface area contributed by atoms with Gasteiger partial charge in [-0.3, -0.25) is 0 Å². The zero-order valence-electron chi connectivity index (χ0n) is 11.0. The average molecular weight is 281 g/mol. The summed E-state index contributed by atoms with van der Waals surface area (Å²) >= 11 is 1.67. The number of amidine groups is 1. The Morgan fingerprint density at radius 3 is 2.79 bits per heavy atom. The third kappa shape index (κ3) is 2.86. The molecule has 3 rings (SSSR count). The minimum absolute atomic E-state index is 0.227. The lowest BCUT2D eigenvalue weighted by Crippen LogP contribution is -2.17. The third-order valence-corrected chi connectivity index (χ3v) is 4.54. The van der Waals surface area contributed by atoms with Gasteiger partial charge in [-0.15, -0.1) is 10.2 Å². The number of thioether (sulfide) groups is 1. The summed E-state index contributed by atoms with van der Waals surface area (Å²) in [5, 5.41) is 21.6. The van der Waals surface area contributed by atoms with Crippen LogP contribution in [-0.2, 0) is 0 Å². The van der Waals surface area contributed by atoms with Crippen LogP contribution in [0.15, 0.2) is 10.3 Å². The van der Waals surface area contributed by atoms with Crippen LogP contribution in [-0.4, -0.2) is 31.1 Å². The molecule has 1 aromatic rings. The number of nitrogens with zero attached hydrogens (tertiary/aromatic N) is 4. The van der Waals surface area contributed by atoms with E-state index in [1.807, 2.05) is 0 Å². The van der Waals surface area contributed by atoms with Crippen molar-refractivity contribution in [2.45, 2.75) is 61.4 Å². The molecule has 0 amide bonds. The minimum Gasteiger partial charge on any atom is -0.409 e. The molecule has 104 valence electrons. The highest BCUT2D eigenvalue weighted by atomic mass is 32.2. The highest BCUT2D eigenvalue weighted by Gasteiger charge is 2.36. The van der Waals surface area contributed by atoms with Crippen molar-refractivity contribution in [3.8, 4) is 0 Å². The largest absolute Gasteiger partial charge is 0.409 e. The molecule has 2 saturated carbocycles. The van der Waals surface area contributed by atoms with Crippen molar-refractivity contribution in [2.24, 2.45) is 10.9 Å². The van der Waals surface area contributed by atoms with Gasteiger partial charge in [0, 0.05) is 23.6 Å².